The Morgan fingerprint density at radius 2 is 1.78 bits per heavy atom. The molecule has 0 aliphatic rings. The van der Waals surface area contributed by atoms with Crippen LogP contribution in [0.2, 0.25) is 0 Å². The second kappa shape index (κ2) is 11.1. The first-order valence-corrected chi connectivity index (χ1v) is 10.9. The number of carbonyl (C=O) groups excluding carboxylic acids is 2. The number of ether oxygens (including phenoxy) is 1. The lowest BCUT2D eigenvalue weighted by molar-refractivity contribution is 0.0991. The van der Waals surface area contributed by atoms with Crippen LogP contribution in [0.3, 0.4) is 0 Å². The molecule has 0 spiro atoms. The largest absolute Gasteiger partial charge is 0.493 e. The van der Waals surface area contributed by atoms with E-state index in [-0.39, 0.29) is 12.0 Å². The Morgan fingerprint density at radius 3 is 2.38 bits per heavy atom. The lowest BCUT2D eigenvalue weighted by atomic mass is 9.80. The summed E-state index contributed by atoms with van der Waals surface area (Å²) in [7, 11) is 0. The van der Waals surface area contributed by atoms with Crippen molar-refractivity contribution in [1.82, 2.24) is 5.32 Å². The Balaban J connectivity index is 2.56. The van der Waals surface area contributed by atoms with E-state index in [2.05, 4.69) is 26.1 Å². The molecule has 2 rings (SSSR count). The SMILES string of the molecule is Cc1ccc(C(N)=O)c(CC(C)(C)C)c1-c1ccc(C(N)=O)cc1OCCCNCCO. The molecule has 0 radical (unpaired) electrons. The van der Waals surface area contributed by atoms with Crippen LogP contribution < -0.4 is 21.5 Å². The van der Waals surface area contributed by atoms with Gasteiger partial charge in [-0.05, 0) is 72.7 Å². The van der Waals surface area contributed by atoms with E-state index in [0.717, 1.165) is 28.7 Å². The number of hydrogen-bond donors (Lipinski definition) is 4. The molecule has 2 aromatic rings. The number of amides is 2. The molecule has 0 unspecified atom stereocenters. The summed E-state index contributed by atoms with van der Waals surface area (Å²) >= 11 is 0. The second-order valence-electron chi connectivity index (χ2n) is 9.14. The number of rotatable bonds is 11. The van der Waals surface area contributed by atoms with E-state index in [0.29, 0.717) is 43.0 Å². The molecule has 0 saturated carbocycles. The molecule has 6 N–H and O–H groups in total. The van der Waals surface area contributed by atoms with Crippen LogP contribution in [-0.4, -0.2) is 43.2 Å². The first-order valence-electron chi connectivity index (χ1n) is 10.9. The molecule has 0 bridgehead atoms. The van der Waals surface area contributed by atoms with Gasteiger partial charge in [-0.15, -0.1) is 0 Å². The number of aliphatic hydroxyl groups is 1. The van der Waals surface area contributed by atoms with Crippen LogP contribution in [0.15, 0.2) is 30.3 Å². The fraction of sp³-hybridized carbons (Fsp3) is 0.440. The lowest BCUT2D eigenvalue weighted by Crippen LogP contribution is -2.21. The van der Waals surface area contributed by atoms with Gasteiger partial charge < -0.3 is 26.6 Å². The Bertz CT molecular complexity index is 964. The summed E-state index contributed by atoms with van der Waals surface area (Å²) in [5.41, 5.74) is 15.5. The molecule has 2 aromatic carbocycles. The monoisotopic (exact) mass is 441 g/mol. The van der Waals surface area contributed by atoms with Crippen LogP contribution in [0, 0.1) is 12.3 Å². The number of aryl methyl sites for hydroxylation is 1. The van der Waals surface area contributed by atoms with Crippen molar-refractivity contribution >= 4 is 11.8 Å². The molecule has 0 atom stereocenters. The van der Waals surface area contributed by atoms with Gasteiger partial charge in [0.1, 0.15) is 5.75 Å². The van der Waals surface area contributed by atoms with E-state index >= 15 is 0 Å². The zero-order valence-electron chi connectivity index (χ0n) is 19.5. The highest BCUT2D eigenvalue weighted by Crippen LogP contribution is 2.39. The molecular weight excluding hydrogens is 406 g/mol. The van der Waals surface area contributed by atoms with Crippen molar-refractivity contribution in [1.29, 1.82) is 0 Å². The minimum atomic E-state index is -0.538. The van der Waals surface area contributed by atoms with Gasteiger partial charge in [0, 0.05) is 23.2 Å². The topological polar surface area (TPSA) is 128 Å². The minimum Gasteiger partial charge on any atom is -0.493 e. The number of nitrogens with two attached hydrogens (primary N) is 2. The van der Waals surface area contributed by atoms with Crippen molar-refractivity contribution in [2.45, 2.75) is 40.5 Å². The normalized spacial score (nSPS) is 11.4. The zero-order valence-corrected chi connectivity index (χ0v) is 19.5. The summed E-state index contributed by atoms with van der Waals surface area (Å²) in [5, 5.41) is 12.0. The Kier molecular flexibility index (Phi) is 8.80. The summed E-state index contributed by atoms with van der Waals surface area (Å²) in [4.78, 5) is 24.0. The van der Waals surface area contributed by atoms with Crippen molar-refractivity contribution in [3.05, 3.63) is 52.6 Å². The number of carbonyl (C=O) groups is 2. The summed E-state index contributed by atoms with van der Waals surface area (Å²) in [6.07, 6.45) is 1.36. The average molecular weight is 442 g/mol. The number of aliphatic hydroxyl groups excluding tert-OH is 1. The molecule has 0 saturated heterocycles. The summed E-state index contributed by atoms with van der Waals surface area (Å²) in [5.74, 6) is -0.483. The maximum absolute atomic E-state index is 12.2. The Morgan fingerprint density at radius 1 is 1.06 bits per heavy atom. The number of primary amides is 2. The number of nitrogens with one attached hydrogen (secondary N) is 1. The van der Waals surface area contributed by atoms with Gasteiger partial charge in [-0.3, -0.25) is 9.59 Å². The number of hydrogen-bond acceptors (Lipinski definition) is 5. The zero-order chi connectivity index (χ0) is 23.9. The molecule has 0 aliphatic carbocycles. The van der Waals surface area contributed by atoms with Gasteiger partial charge in [-0.1, -0.05) is 26.8 Å². The molecule has 0 aromatic heterocycles. The van der Waals surface area contributed by atoms with Crippen molar-refractivity contribution in [2.75, 3.05) is 26.3 Å². The Hall–Kier alpha value is -2.90. The van der Waals surface area contributed by atoms with Gasteiger partial charge in [0.2, 0.25) is 11.8 Å². The molecular formula is C25H35N3O4. The predicted octanol–water partition coefficient (Wildman–Crippen LogP) is 2.80. The fourth-order valence-corrected chi connectivity index (χ4v) is 3.67. The fourth-order valence-electron chi connectivity index (χ4n) is 3.67. The van der Waals surface area contributed by atoms with Crippen molar-refractivity contribution in [2.24, 2.45) is 16.9 Å². The van der Waals surface area contributed by atoms with E-state index in [1.807, 2.05) is 19.1 Å². The van der Waals surface area contributed by atoms with E-state index in [1.54, 1.807) is 18.2 Å². The maximum atomic E-state index is 12.2. The highest BCUT2D eigenvalue weighted by Gasteiger charge is 2.24. The van der Waals surface area contributed by atoms with Crippen molar-refractivity contribution in [3.8, 4) is 16.9 Å². The molecule has 174 valence electrons. The summed E-state index contributed by atoms with van der Waals surface area (Å²) < 4.78 is 6.08. The van der Waals surface area contributed by atoms with Gasteiger partial charge in [-0.25, -0.2) is 0 Å². The van der Waals surface area contributed by atoms with Crippen LogP contribution in [-0.2, 0) is 6.42 Å². The van der Waals surface area contributed by atoms with Gasteiger partial charge in [-0.2, -0.15) is 0 Å². The van der Waals surface area contributed by atoms with E-state index < -0.39 is 11.8 Å². The lowest BCUT2D eigenvalue weighted by Gasteiger charge is -2.25. The Labute approximate surface area is 190 Å². The summed E-state index contributed by atoms with van der Waals surface area (Å²) in [6.45, 7) is 10.0. The third kappa shape index (κ3) is 6.80. The van der Waals surface area contributed by atoms with Gasteiger partial charge in [0.25, 0.3) is 0 Å². The minimum absolute atomic E-state index is 0.0810. The quantitative estimate of drug-likeness (QED) is 0.399. The van der Waals surface area contributed by atoms with Crippen molar-refractivity contribution < 1.29 is 19.4 Å². The molecule has 32 heavy (non-hydrogen) atoms. The van der Waals surface area contributed by atoms with E-state index in [4.69, 9.17) is 21.3 Å². The third-order valence-electron chi connectivity index (χ3n) is 5.07. The van der Waals surface area contributed by atoms with Gasteiger partial charge in [0.15, 0.2) is 0 Å². The van der Waals surface area contributed by atoms with Crippen LogP contribution >= 0.6 is 0 Å². The molecule has 0 aliphatic heterocycles. The first-order chi connectivity index (χ1) is 15.0. The maximum Gasteiger partial charge on any atom is 0.248 e. The molecule has 2 amide bonds. The van der Waals surface area contributed by atoms with Crippen LogP contribution in [0.5, 0.6) is 5.75 Å². The predicted molar refractivity (Wildman–Crippen MR) is 127 cm³/mol. The van der Waals surface area contributed by atoms with Crippen LogP contribution in [0.1, 0.15) is 59.0 Å². The van der Waals surface area contributed by atoms with Gasteiger partial charge >= 0.3 is 0 Å². The third-order valence-corrected chi connectivity index (χ3v) is 5.07. The van der Waals surface area contributed by atoms with Gasteiger partial charge in [0.05, 0.1) is 13.2 Å². The van der Waals surface area contributed by atoms with E-state index in [9.17, 15) is 9.59 Å². The second-order valence-corrected chi connectivity index (χ2v) is 9.14. The standard InChI is InChI=1S/C25H35N3O4/c1-16-6-8-18(24(27)31)20(15-25(2,3)4)22(16)19-9-7-17(23(26)30)14-21(19)32-13-5-10-28-11-12-29/h6-9,14,28-29H,5,10-13,15H2,1-4H3,(H2,26,30)(H2,27,31). The first kappa shape index (κ1) is 25.4. The van der Waals surface area contributed by atoms with Crippen LogP contribution in [0.4, 0.5) is 0 Å². The van der Waals surface area contributed by atoms with E-state index in [1.165, 1.54) is 0 Å². The molecule has 7 heteroatoms. The molecule has 7 nitrogen and oxygen atoms in total. The van der Waals surface area contributed by atoms with Crippen LogP contribution in [0.25, 0.3) is 11.1 Å². The number of benzene rings is 2. The molecule has 0 fully saturated rings. The van der Waals surface area contributed by atoms with Crippen molar-refractivity contribution in [3.63, 3.8) is 0 Å². The highest BCUT2D eigenvalue weighted by molar-refractivity contribution is 5.98. The molecule has 0 heterocycles. The average Bonchev–Trinajstić information content (AvgIpc) is 2.69. The highest BCUT2D eigenvalue weighted by atomic mass is 16.5. The summed E-state index contributed by atoms with van der Waals surface area (Å²) in [6, 6.07) is 8.79. The smallest absolute Gasteiger partial charge is 0.248 e.